The summed E-state index contributed by atoms with van der Waals surface area (Å²) in [6.45, 7) is 5.33. The standard InChI is InChI=1S/C19H35N5O6/c1-11(2)10-15(19(29)30)24-18(28)14(7-8-16(21)26)23-17(27)13(22-12(3)25)6-4-5-9-20/h11,13-15H,4-10,20H2,1-3H3,(H2,21,26)(H,22,25)(H,23,27)(H,24,28)(H,29,30)/t13-,14-,15-/m0/s1. The van der Waals surface area contributed by atoms with Gasteiger partial charge in [-0.25, -0.2) is 4.79 Å². The summed E-state index contributed by atoms with van der Waals surface area (Å²) in [5, 5.41) is 16.8. The summed E-state index contributed by atoms with van der Waals surface area (Å²) in [7, 11) is 0. The Morgan fingerprint density at radius 1 is 0.867 bits per heavy atom. The van der Waals surface area contributed by atoms with Crippen molar-refractivity contribution in [2.75, 3.05) is 6.54 Å². The summed E-state index contributed by atoms with van der Waals surface area (Å²) in [6, 6.07) is -3.20. The summed E-state index contributed by atoms with van der Waals surface area (Å²) >= 11 is 0. The Hall–Kier alpha value is -2.69. The summed E-state index contributed by atoms with van der Waals surface area (Å²) in [4.78, 5) is 59.3. The van der Waals surface area contributed by atoms with E-state index in [2.05, 4.69) is 16.0 Å². The number of hydrogen-bond donors (Lipinski definition) is 6. The van der Waals surface area contributed by atoms with Gasteiger partial charge in [-0.3, -0.25) is 19.2 Å². The second-order valence-electron chi connectivity index (χ2n) is 7.63. The maximum atomic E-state index is 12.7. The summed E-state index contributed by atoms with van der Waals surface area (Å²) in [5.41, 5.74) is 10.6. The minimum absolute atomic E-state index is 0.0109. The van der Waals surface area contributed by atoms with Crippen molar-refractivity contribution in [3.05, 3.63) is 0 Å². The van der Waals surface area contributed by atoms with Gasteiger partial charge in [0, 0.05) is 13.3 Å². The fourth-order valence-electron chi connectivity index (χ4n) is 2.80. The van der Waals surface area contributed by atoms with Crippen molar-refractivity contribution in [3.63, 3.8) is 0 Å². The molecule has 8 N–H and O–H groups in total. The Morgan fingerprint density at radius 2 is 1.40 bits per heavy atom. The molecule has 0 aliphatic carbocycles. The highest BCUT2D eigenvalue weighted by molar-refractivity contribution is 5.93. The molecule has 0 radical (unpaired) electrons. The van der Waals surface area contributed by atoms with Crippen LogP contribution in [0.4, 0.5) is 0 Å². The fourth-order valence-corrected chi connectivity index (χ4v) is 2.80. The van der Waals surface area contributed by atoms with Crippen LogP contribution in [0.25, 0.3) is 0 Å². The normalized spacial score (nSPS) is 13.8. The first-order valence-electron chi connectivity index (χ1n) is 10.1. The predicted octanol–water partition coefficient (Wildman–Crippen LogP) is -1.01. The molecule has 0 saturated carbocycles. The van der Waals surface area contributed by atoms with Crippen LogP contribution in [-0.2, 0) is 24.0 Å². The molecule has 0 aliphatic rings. The van der Waals surface area contributed by atoms with Crippen molar-refractivity contribution in [2.24, 2.45) is 17.4 Å². The molecule has 0 rings (SSSR count). The molecule has 0 aliphatic heterocycles. The van der Waals surface area contributed by atoms with E-state index in [1.807, 2.05) is 13.8 Å². The Balaban J connectivity index is 5.33. The molecular formula is C19H35N5O6. The number of carbonyl (C=O) groups is 5. The number of nitrogens with one attached hydrogen (secondary N) is 3. The second-order valence-corrected chi connectivity index (χ2v) is 7.63. The molecule has 0 unspecified atom stereocenters. The van der Waals surface area contributed by atoms with E-state index in [-0.39, 0.29) is 25.2 Å². The molecule has 11 nitrogen and oxygen atoms in total. The SMILES string of the molecule is CC(=O)N[C@@H](CCCCN)C(=O)N[C@@H](CCC(N)=O)C(=O)N[C@@H](CC(C)C)C(=O)O. The first-order chi connectivity index (χ1) is 14.0. The van der Waals surface area contributed by atoms with Gasteiger partial charge >= 0.3 is 5.97 Å². The zero-order valence-electron chi connectivity index (χ0n) is 17.9. The lowest BCUT2D eigenvalue weighted by Crippen LogP contribution is -2.55. The molecule has 0 saturated heterocycles. The second kappa shape index (κ2) is 14.3. The van der Waals surface area contributed by atoms with Gasteiger partial charge in [0.1, 0.15) is 18.1 Å². The monoisotopic (exact) mass is 429 g/mol. The molecule has 0 aromatic rings. The third-order valence-corrected chi connectivity index (χ3v) is 4.27. The summed E-state index contributed by atoms with van der Waals surface area (Å²) in [5.74, 6) is -3.61. The van der Waals surface area contributed by atoms with Gasteiger partial charge in [0.25, 0.3) is 0 Å². The van der Waals surface area contributed by atoms with Gasteiger partial charge in [-0.2, -0.15) is 0 Å². The molecule has 0 heterocycles. The van der Waals surface area contributed by atoms with Crippen molar-refractivity contribution in [1.29, 1.82) is 0 Å². The molecule has 0 spiro atoms. The molecule has 11 heteroatoms. The Morgan fingerprint density at radius 3 is 1.83 bits per heavy atom. The predicted molar refractivity (Wildman–Crippen MR) is 110 cm³/mol. The number of unbranched alkanes of at least 4 members (excludes halogenated alkanes) is 1. The number of aliphatic carboxylic acids is 1. The van der Waals surface area contributed by atoms with E-state index < -0.39 is 47.7 Å². The van der Waals surface area contributed by atoms with E-state index >= 15 is 0 Å². The Kier molecular flexibility index (Phi) is 13.0. The van der Waals surface area contributed by atoms with Crippen molar-refractivity contribution >= 4 is 29.6 Å². The van der Waals surface area contributed by atoms with Crippen LogP contribution in [0.5, 0.6) is 0 Å². The van der Waals surface area contributed by atoms with Gasteiger partial charge in [0.15, 0.2) is 0 Å². The zero-order chi connectivity index (χ0) is 23.3. The number of primary amides is 1. The molecule has 4 amide bonds. The zero-order valence-corrected chi connectivity index (χ0v) is 17.9. The van der Waals surface area contributed by atoms with Crippen molar-refractivity contribution in [3.8, 4) is 0 Å². The number of carboxylic acid groups (broad SMARTS) is 1. The lowest BCUT2D eigenvalue weighted by molar-refractivity contribution is -0.143. The largest absolute Gasteiger partial charge is 0.480 e. The average molecular weight is 430 g/mol. The highest BCUT2D eigenvalue weighted by Gasteiger charge is 2.29. The van der Waals surface area contributed by atoms with E-state index in [1.165, 1.54) is 6.92 Å². The molecule has 0 fully saturated rings. The van der Waals surface area contributed by atoms with Gasteiger partial charge in [0.05, 0.1) is 0 Å². The summed E-state index contributed by atoms with van der Waals surface area (Å²) < 4.78 is 0. The van der Waals surface area contributed by atoms with Crippen molar-refractivity contribution < 1.29 is 29.1 Å². The first-order valence-corrected chi connectivity index (χ1v) is 10.1. The van der Waals surface area contributed by atoms with Crippen LogP contribution >= 0.6 is 0 Å². The van der Waals surface area contributed by atoms with E-state index in [0.29, 0.717) is 25.8 Å². The van der Waals surface area contributed by atoms with Gasteiger partial charge < -0.3 is 32.5 Å². The van der Waals surface area contributed by atoms with Crippen LogP contribution < -0.4 is 27.4 Å². The molecular weight excluding hydrogens is 394 g/mol. The molecule has 0 bridgehead atoms. The highest BCUT2D eigenvalue weighted by Crippen LogP contribution is 2.08. The summed E-state index contributed by atoms with van der Waals surface area (Å²) in [6.07, 6.45) is 1.48. The third-order valence-electron chi connectivity index (χ3n) is 4.27. The molecule has 172 valence electrons. The number of carbonyl (C=O) groups excluding carboxylic acids is 4. The fraction of sp³-hybridized carbons (Fsp3) is 0.737. The van der Waals surface area contributed by atoms with Crippen molar-refractivity contribution in [1.82, 2.24) is 16.0 Å². The number of carboxylic acids is 1. The Labute approximate surface area is 176 Å². The topological polar surface area (TPSA) is 194 Å². The maximum Gasteiger partial charge on any atom is 0.326 e. The lowest BCUT2D eigenvalue weighted by atomic mass is 10.0. The van der Waals surface area contributed by atoms with Crippen LogP contribution in [0.2, 0.25) is 0 Å². The van der Waals surface area contributed by atoms with Gasteiger partial charge in [-0.15, -0.1) is 0 Å². The van der Waals surface area contributed by atoms with Crippen LogP contribution in [0, 0.1) is 5.92 Å². The van der Waals surface area contributed by atoms with E-state index in [9.17, 15) is 29.1 Å². The van der Waals surface area contributed by atoms with Crippen LogP contribution in [0.15, 0.2) is 0 Å². The minimum Gasteiger partial charge on any atom is -0.480 e. The molecule has 30 heavy (non-hydrogen) atoms. The van der Waals surface area contributed by atoms with E-state index in [0.717, 1.165) is 0 Å². The molecule has 0 aromatic heterocycles. The van der Waals surface area contributed by atoms with Crippen LogP contribution in [-0.4, -0.2) is 59.4 Å². The Bertz CT molecular complexity index is 610. The van der Waals surface area contributed by atoms with E-state index in [4.69, 9.17) is 11.5 Å². The minimum atomic E-state index is -1.20. The average Bonchev–Trinajstić information content (AvgIpc) is 2.62. The number of nitrogens with two attached hydrogens (primary N) is 2. The van der Waals surface area contributed by atoms with Crippen LogP contribution in [0.3, 0.4) is 0 Å². The van der Waals surface area contributed by atoms with Gasteiger partial charge in [-0.05, 0) is 44.6 Å². The quantitative estimate of drug-likeness (QED) is 0.179. The molecule has 0 aromatic carbocycles. The van der Waals surface area contributed by atoms with Gasteiger partial charge in [-0.1, -0.05) is 13.8 Å². The number of amides is 4. The van der Waals surface area contributed by atoms with Crippen molar-refractivity contribution in [2.45, 2.75) is 77.4 Å². The third kappa shape index (κ3) is 12.0. The lowest BCUT2D eigenvalue weighted by Gasteiger charge is -2.24. The number of hydrogen-bond acceptors (Lipinski definition) is 6. The highest BCUT2D eigenvalue weighted by atomic mass is 16.4. The first kappa shape index (κ1) is 27.3. The number of rotatable bonds is 15. The van der Waals surface area contributed by atoms with Crippen LogP contribution in [0.1, 0.15) is 59.3 Å². The van der Waals surface area contributed by atoms with Gasteiger partial charge in [0.2, 0.25) is 23.6 Å². The van der Waals surface area contributed by atoms with E-state index in [1.54, 1.807) is 0 Å². The maximum absolute atomic E-state index is 12.7. The molecule has 3 atom stereocenters. The smallest absolute Gasteiger partial charge is 0.326 e.